The van der Waals surface area contributed by atoms with Gasteiger partial charge >= 0.3 is 0 Å². The zero-order chi connectivity index (χ0) is 36.2. The third-order valence-electron chi connectivity index (χ3n) is 9.36. The molecule has 5 heteroatoms. The van der Waals surface area contributed by atoms with Gasteiger partial charge in [0.25, 0.3) is 0 Å². The van der Waals surface area contributed by atoms with E-state index in [-0.39, 0.29) is 10.3 Å². The average Bonchev–Trinajstić information content (AvgIpc) is 3.09. The van der Waals surface area contributed by atoms with Gasteiger partial charge in [-0.1, -0.05) is 133 Å². The Morgan fingerprint density at radius 2 is 1.24 bits per heavy atom. The van der Waals surface area contributed by atoms with Crippen LogP contribution in [0.1, 0.15) is 59.4 Å². The monoisotopic (exact) mass is 702 g/mol. The molecule has 0 N–H and O–H groups in total. The maximum Gasteiger partial charge on any atom is 0.124 e. The summed E-state index contributed by atoms with van der Waals surface area (Å²) in [5.74, 6) is 0. The molecule has 0 bridgehead atoms. The second-order valence-electron chi connectivity index (χ2n) is 13.7. The molecule has 0 saturated heterocycles. The Morgan fingerprint density at radius 1 is 0.740 bits per heavy atom. The van der Waals surface area contributed by atoms with Crippen molar-refractivity contribution in [1.29, 1.82) is 0 Å². The van der Waals surface area contributed by atoms with Gasteiger partial charge in [0.1, 0.15) is 33.3 Å². The van der Waals surface area contributed by atoms with Crippen molar-refractivity contribution in [2.75, 3.05) is 6.16 Å². The summed E-state index contributed by atoms with van der Waals surface area (Å²) < 4.78 is 31.2. The quantitative estimate of drug-likeness (QED) is 0.0939. The van der Waals surface area contributed by atoms with Crippen molar-refractivity contribution < 1.29 is 13.0 Å². The third-order valence-corrected chi connectivity index (χ3v) is 14.5. The lowest BCUT2D eigenvalue weighted by atomic mass is 9.72. The van der Waals surface area contributed by atoms with Gasteiger partial charge in [0.15, 0.2) is 0 Å². The van der Waals surface area contributed by atoms with E-state index in [4.69, 9.17) is 0 Å². The molecule has 0 amide bonds. The van der Waals surface area contributed by atoms with Gasteiger partial charge in [-0.25, -0.2) is 8.42 Å². The summed E-state index contributed by atoms with van der Waals surface area (Å²) in [5.41, 5.74) is 6.84. The summed E-state index contributed by atoms with van der Waals surface area (Å²) in [7, 11) is -6.11. The van der Waals surface area contributed by atoms with E-state index in [2.05, 4.69) is 162 Å². The van der Waals surface area contributed by atoms with E-state index < -0.39 is 17.4 Å². The minimum absolute atomic E-state index is 0.178. The predicted molar refractivity (Wildman–Crippen MR) is 215 cm³/mol. The van der Waals surface area contributed by atoms with Crippen LogP contribution >= 0.6 is 7.26 Å². The van der Waals surface area contributed by atoms with Gasteiger partial charge in [0, 0.05) is 0 Å². The van der Waals surface area contributed by atoms with Crippen molar-refractivity contribution in [3.63, 3.8) is 0 Å². The van der Waals surface area contributed by atoms with Gasteiger partial charge in [0.2, 0.25) is 0 Å². The van der Waals surface area contributed by atoms with Crippen molar-refractivity contribution in [2.45, 2.75) is 65.7 Å². The predicted octanol–water partition coefficient (Wildman–Crippen LogP) is 10.4. The molecule has 0 spiro atoms. The Kier molecular flexibility index (Phi) is 13.7. The molecule has 4 aromatic carbocycles. The lowest BCUT2D eigenvalue weighted by Crippen LogP contribution is -2.33. The Morgan fingerprint density at radius 3 is 1.70 bits per heavy atom. The van der Waals surface area contributed by atoms with Gasteiger partial charge < -0.3 is 4.55 Å². The molecule has 0 saturated carbocycles. The smallest absolute Gasteiger partial charge is 0.124 e. The van der Waals surface area contributed by atoms with Crippen LogP contribution in [0.15, 0.2) is 179 Å². The van der Waals surface area contributed by atoms with Gasteiger partial charge in [-0.3, -0.25) is 0 Å². The Labute approximate surface area is 302 Å². The summed E-state index contributed by atoms with van der Waals surface area (Å²) in [6, 6.07) is 39.1. The Hall–Kier alpha value is -4.08. The topological polar surface area (TPSA) is 57.2 Å². The van der Waals surface area contributed by atoms with E-state index in [1.165, 1.54) is 64.0 Å². The molecule has 3 nitrogen and oxygen atoms in total. The molecule has 0 unspecified atom stereocenters. The van der Waals surface area contributed by atoms with E-state index in [0.717, 1.165) is 11.7 Å². The zero-order valence-electron chi connectivity index (χ0n) is 30.3. The number of aryl methyl sites for hydroxylation is 1. The molecule has 0 atom stereocenters. The van der Waals surface area contributed by atoms with Crippen LogP contribution in [0.5, 0.6) is 0 Å². The van der Waals surface area contributed by atoms with Gasteiger partial charge in [-0.2, -0.15) is 0 Å². The molecule has 1 aliphatic carbocycles. The highest BCUT2D eigenvalue weighted by Gasteiger charge is 2.44. The molecule has 4 aromatic rings. The van der Waals surface area contributed by atoms with Crippen LogP contribution in [0.2, 0.25) is 0 Å². The minimum atomic E-state index is -4.27. The van der Waals surface area contributed by atoms with Crippen LogP contribution in [0.4, 0.5) is 0 Å². The highest BCUT2D eigenvalue weighted by Crippen LogP contribution is 2.55. The van der Waals surface area contributed by atoms with Crippen molar-refractivity contribution in [1.82, 2.24) is 0 Å². The maximum absolute atomic E-state index is 10.4. The minimum Gasteiger partial charge on any atom is -0.744 e. The first-order chi connectivity index (χ1) is 23.8. The first kappa shape index (κ1) is 38.7. The van der Waals surface area contributed by atoms with Gasteiger partial charge in [-0.05, 0) is 113 Å². The molecule has 260 valence electrons. The fourth-order valence-electron chi connectivity index (χ4n) is 6.50. The van der Waals surface area contributed by atoms with E-state index >= 15 is 0 Å². The van der Waals surface area contributed by atoms with E-state index in [1.807, 2.05) is 6.92 Å². The first-order valence-electron chi connectivity index (χ1n) is 17.3. The van der Waals surface area contributed by atoms with Crippen molar-refractivity contribution in [3.8, 4) is 0 Å². The SMILES string of the molecule is CC1=C(/C=C/C(C)=C/C=C/C(C)=C/C[P+](c2ccccc2)(c2ccccc2)c2ccccc2)C(C)(C)CCC1.Cc1ccc(S(=O)(=O)[O-])cc1. The second kappa shape index (κ2) is 17.7. The third kappa shape index (κ3) is 10.5. The molecule has 0 fully saturated rings. The number of allylic oxidation sites excluding steroid dienone is 10. The average molecular weight is 703 g/mol. The summed E-state index contributed by atoms with van der Waals surface area (Å²) in [6.07, 6.45) is 18.6. The molecule has 50 heavy (non-hydrogen) atoms. The Balaban J connectivity index is 0.000000435. The maximum atomic E-state index is 10.4. The molecule has 0 aromatic heterocycles. The molecule has 1 aliphatic rings. The lowest BCUT2D eigenvalue weighted by molar-refractivity contribution is 0.377. The summed E-state index contributed by atoms with van der Waals surface area (Å²) in [6.45, 7) is 13.3. The molecule has 0 aliphatic heterocycles. The highest BCUT2D eigenvalue weighted by atomic mass is 32.2. The van der Waals surface area contributed by atoms with Crippen LogP contribution in [0.25, 0.3) is 0 Å². The van der Waals surface area contributed by atoms with Crippen molar-refractivity contribution >= 4 is 33.3 Å². The highest BCUT2D eigenvalue weighted by molar-refractivity contribution is 7.95. The summed E-state index contributed by atoms with van der Waals surface area (Å²) in [4.78, 5) is -0.178. The first-order valence-corrected chi connectivity index (χ1v) is 20.7. The molecule has 0 heterocycles. The van der Waals surface area contributed by atoms with Crippen LogP contribution in [-0.4, -0.2) is 19.1 Å². The normalized spacial score (nSPS) is 15.7. The van der Waals surface area contributed by atoms with Gasteiger partial charge in [-0.15, -0.1) is 0 Å². The fraction of sp³-hybridized carbons (Fsp3) is 0.244. The standard InChI is InChI=1S/C38H44P.C7H8O3S/c1-31(26-27-37-33(3)19-16-29-38(37,4)5)17-15-18-32(2)28-30-39(34-20-9-6-10-21-34,35-22-11-7-12-23-35)36-24-13-8-14-25-36;1-6-2-4-7(5-3-6)11(8,9)10/h6-15,17-18,20-28H,16,19,29-30H2,1-5H3;2-5H,1H3,(H,8,9,10)/q+1;/p-1/b18-15+,27-26+,31-17+,32-28+;. The van der Waals surface area contributed by atoms with E-state index in [9.17, 15) is 13.0 Å². The zero-order valence-corrected chi connectivity index (χ0v) is 32.1. The van der Waals surface area contributed by atoms with Crippen molar-refractivity contribution in [2.24, 2.45) is 5.41 Å². The molecule has 5 rings (SSSR count). The second-order valence-corrected chi connectivity index (χ2v) is 18.7. The number of hydrogen-bond donors (Lipinski definition) is 0. The van der Waals surface area contributed by atoms with Gasteiger partial charge in [0.05, 0.1) is 11.1 Å². The van der Waals surface area contributed by atoms with E-state index in [0.29, 0.717) is 0 Å². The lowest BCUT2D eigenvalue weighted by Gasteiger charge is -2.32. The van der Waals surface area contributed by atoms with Crippen LogP contribution in [0, 0.1) is 12.3 Å². The number of hydrogen-bond acceptors (Lipinski definition) is 3. The molecular formula is C45H51O3PS. The fourth-order valence-corrected chi connectivity index (χ4v) is 11.1. The molecule has 0 radical (unpaired) electrons. The summed E-state index contributed by atoms with van der Waals surface area (Å²) in [5, 5.41) is 4.27. The van der Waals surface area contributed by atoms with E-state index in [1.54, 1.807) is 17.7 Å². The Bertz CT molecular complexity index is 1850. The van der Waals surface area contributed by atoms with Crippen LogP contribution in [-0.2, 0) is 10.1 Å². The number of rotatable bonds is 10. The van der Waals surface area contributed by atoms with Crippen molar-refractivity contribution in [3.05, 3.63) is 180 Å². The van der Waals surface area contributed by atoms with Crippen LogP contribution < -0.4 is 15.9 Å². The van der Waals surface area contributed by atoms with Crippen LogP contribution in [0.3, 0.4) is 0 Å². The largest absolute Gasteiger partial charge is 0.744 e. The number of benzene rings is 4. The summed E-state index contributed by atoms with van der Waals surface area (Å²) >= 11 is 0. The molecular weight excluding hydrogens is 652 g/mol.